The Labute approximate surface area is 147 Å². The highest BCUT2D eigenvalue weighted by molar-refractivity contribution is 7.13. The van der Waals surface area contributed by atoms with E-state index in [9.17, 15) is 9.90 Å². The molecule has 1 aromatic carbocycles. The Balaban J connectivity index is 1.72. The lowest BCUT2D eigenvalue weighted by Crippen LogP contribution is -2.44. The van der Waals surface area contributed by atoms with Crippen LogP contribution in [0.3, 0.4) is 0 Å². The van der Waals surface area contributed by atoms with Crippen LogP contribution in [0.25, 0.3) is 10.6 Å². The number of thiazole rings is 1. The molecular formula is C19H24N2O2S. The Bertz CT molecular complexity index is 712. The lowest BCUT2D eigenvalue weighted by molar-refractivity contribution is 0.0335. The van der Waals surface area contributed by atoms with Crippen molar-refractivity contribution in [3.8, 4) is 10.6 Å². The Morgan fingerprint density at radius 3 is 2.67 bits per heavy atom. The fraction of sp³-hybridized carbons (Fsp3) is 0.474. The molecule has 1 aromatic heterocycles. The molecule has 0 radical (unpaired) electrons. The van der Waals surface area contributed by atoms with Gasteiger partial charge in [-0.25, -0.2) is 4.98 Å². The maximum absolute atomic E-state index is 12.7. The van der Waals surface area contributed by atoms with Gasteiger partial charge in [-0.05, 0) is 37.2 Å². The SMILES string of the molecule is CCC1(CO)CCN(C(=O)c2csc(-c3ccccc3C)n2)CC1. The summed E-state index contributed by atoms with van der Waals surface area (Å²) < 4.78 is 0. The Kier molecular flexibility index (Phi) is 5.01. The third-order valence-corrected chi connectivity index (χ3v) is 6.17. The average molecular weight is 344 g/mol. The highest BCUT2D eigenvalue weighted by Crippen LogP contribution is 2.35. The fourth-order valence-electron chi connectivity index (χ4n) is 3.28. The molecule has 5 heteroatoms. The number of likely N-dealkylation sites (tertiary alicyclic amines) is 1. The number of aliphatic hydroxyl groups is 1. The van der Waals surface area contributed by atoms with Gasteiger partial charge in [0, 0.05) is 30.6 Å². The highest BCUT2D eigenvalue weighted by Gasteiger charge is 2.34. The van der Waals surface area contributed by atoms with Crippen molar-refractivity contribution in [3.63, 3.8) is 0 Å². The second kappa shape index (κ2) is 7.03. The van der Waals surface area contributed by atoms with Gasteiger partial charge in [0.25, 0.3) is 5.91 Å². The van der Waals surface area contributed by atoms with Crippen LogP contribution in [0.5, 0.6) is 0 Å². The van der Waals surface area contributed by atoms with Gasteiger partial charge in [-0.2, -0.15) is 0 Å². The first-order valence-corrected chi connectivity index (χ1v) is 9.38. The Morgan fingerprint density at radius 2 is 2.04 bits per heavy atom. The fourth-order valence-corrected chi connectivity index (χ4v) is 4.16. The second-order valence-electron chi connectivity index (χ2n) is 6.66. The van der Waals surface area contributed by atoms with E-state index in [0.29, 0.717) is 18.8 Å². The van der Waals surface area contributed by atoms with Crippen molar-refractivity contribution in [2.45, 2.75) is 33.1 Å². The van der Waals surface area contributed by atoms with Crippen LogP contribution < -0.4 is 0 Å². The number of aromatic nitrogens is 1. The molecule has 3 rings (SSSR count). The van der Waals surface area contributed by atoms with E-state index in [-0.39, 0.29) is 17.9 Å². The van der Waals surface area contributed by atoms with E-state index >= 15 is 0 Å². The first-order chi connectivity index (χ1) is 11.6. The number of aryl methyl sites for hydroxylation is 1. The lowest BCUT2D eigenvalue weighted by Gasteiger charge is -2.40. The third-order valence-electron chi connectivity index (χ3n) is 5.30. The van der Waals surface area contributed by atoms with Gasteiger partial charge in [-0.15, -0.1) is 11.3 Å². The monoisotopic (exact) mass is 344 g/mol. The number of benzene rings is 1. The van der Waals surface area contributed by atoms with E-state index in [1.54, 1.807) is 0 Å². The zero-order chi connectivity index (χ0) is 17.2. The molecule has 0 bridgehead atoms. The number of hydrogen-bond acceptors (Lipinski definition) is 4. The van der Waals surface area contributed by atoms with Gasteiger partial charge < -0.3 is 10.0 Å². The van der Waals surface area contributed by atoms with E-state index in [2.05, 4.69) is 24.9 Å². The molecule has 1 aliphatic rings. The van der Waals surface area contributed by atoms with Crippen molar-refractivity contribution in [1.82, 2.24) is 9.88 Å². The number of hydrogen-bond donors (Lipinski definition) is 1. The summed E-state index contributed by atoms with van der Waals surface area (Å²) in [5.74, 6) is 0.00808. The van der Waals surface area contributed by atoms with Crippen molar-refractivity contribution in [2.75, 3.05) is 19.7 Å². The van der Waals surface area contributed by atoms with Crippen LogP contribution in [0.1, 0.15) is 42.2 Å². The largest absolute Gasteiger partial charge is 0.396 e. The minimum Gasteiger partial charge on any atom is -0.396 e. The number of aliphatic hydroxyl groups excluding tert-OH is 1. The first kappa shape index (κ1) is 17.1. The molecule has 2 heterocycles. The van der Waals surface area contributed by atoms with Crippen molar-refractivity contribution in [1.29, 1.82) is 0 Å². The van der Waals surface area contributed by atoms with E-state index in [1.165, 1.54) is 16.9 Å². The molecule has 1 aliphatic heterocycles. The summed E-state index contributed by atoms with van der Waals surface area (Å²) in [7, 11) is 0. The molecule has 2 aromatic rings. The van der Waals surface area contributed by atoms with Gasteiger partial charge in [0.2, 0.25) is 0 Å². The maximum atomic E-state index is 12.7. The van der Waals surface area contributed by atoms with Gasteiger partial charge >= 0.3 is 0 Å². The minimum atomic E-state index is -0.00876. The molecule has 1 N–H and O–H groups in total. The van der Waals surface area contributed by atoms with E-state index in [0.717, 1.165) is 29.8 Å². The van der Waals surface area contributed by atoms with Crippen LogP contribution in [0.4, 0.5) is 0 Å². The lowest BCUT2D eigenvalue weighted by atomic mass is 9.77. The van der Waals surface area contributed by atoms with Gasteiger partial charge in [0.05, 0.1) is 0 Å². The summed E-state index contributed by atoms with van der Waals surface area (Å²) in [6.45, 7) is 5.78. The van der Waals surface area contributed by atoms with Crippen molar-refractivity contribution < 1.29 is 9.90 Å². The molecule has 128 valence electrons. The van der Waals surface area contributed by atoms with Gasteiger partial charge in [0.1, 0.15) is 10.7 Å². The molecule has 0 unspecified atom stereocenters. The summed E-state index contributed by atoms with van der Waals surface area (Å²) in [5, 5.41) is 12.4. The highest BCUT2D eigenvalue weighted by atomic mass is 32.1. The Morgan fingerprint density at radius 1 is 1.33 bits per heavy atom. The van der Waals surface area contributed by atoms with Crippen LogP contribution in [0, 0.1) is 12.3 Å². The third kappa shape index (κ3) is 3.23. The van der Waals surface area contributed by atoms with Gasteiger partial charge in [0.15, 0.2) is 0 Å². The van der Waals surface area contributed by atoms with Crippen molar-refractivity contribution >= 4 is 17.2 Å². The number of piperidine rings is 1. The predicted octanol–water partition coefficient (Wildman–Crippen LogP) is 3.74. The second-order valence-corrected chi connectivity index (χ2v) is 7.51. The van der Waals surface area contributed by atoms with E-state index in [4.69, 9.17) is 0 Å². The number of carbonyl (C=O) groups excluding carboxylic acids is 1. The summed E-state index contributed by atoms with van der Waals surface area (Å²) in [4.78, 5) is 19.2. The van der Waals surface area contributed by atoms with Crippen LogP contribution in [0.2, 0.25) is 0 Å². The van der Waals surface area contributed by atoms with E-state index in [1.807, 2.05) is 28.5 Å². The van der Waals surface area contributed by atoms with Crippen molar-refractivity contribution in [3.05, 3.63) is 40.9 Å². The number of carbonyl (C=O) groups is 1. The topological polar surface area (TPSA) is 53.4 Å². The normalized spacial score (nSPS) is 17.0. The molecule has 1 fully saturated rings. The first-order valence-electron chi connectivity index (χ1n) is 8.50. The summed E-state index contributed by atoms with van der Waals surface area (Å²) >= 11 is 1.52. The molecule has 0 atom stereocenters. The molecule has 0 spiro atoms. The Hall–Kier alpha value is -1.72. The minimum absolute atomic E-state index is 0.00808. The zero-order valence-electron chi connectivity index (χ0n) is 14.3. The van der Waals surface area contributed by atoms with Crippen molar-refractivity contribution in [2.24, 2.45) is 5.41 Å². The smallest absolute Gasteiger partial charge is 0.273 e. The predicted molar refractivity (Wildman–Crippen MR) is 97.2 cm³/mol. The molecule has 0 saturated carbocycles. The van der Waals surface area contributed by atoms with E-state index < -0.39 is 0 Å². The van der Waals surface area contributed by atoms with Gasteiger partial charge in [-0.1, -0.05) is 31.2 Å². The van der Waals surface area contributed by atoms with Crippen LogP contribution >= 0.6 is 11.3 Å². The van der Waals surface area contributed by atoms with Gasteiger partial charge in [-0.3, -0.25) is 4.79 Å². The average Bonchev–Trinajstić information content (AvgIpc) is 3.11. The van der Waals surface area contributed by atoms with Crippen LogP contribution in [0.15, 0.2) is 29.6 Å². The molecule has 0 aliphatic carbocycles. The molecule has 1 amide bonds. The number of nitrogens with zero attached hydrogens (tertiary/aromatic N) is 2. The number of amides is 1. The zero-order valence-corrected chi connectivity index (χ0v) is 15.1. The quantitative estimate of drug-likeness (QED) is 0.919. The maximum Gasteiger partial charge on any atom is 0.273 e. The summed E-state index contributed by atoms with van der Waals surface area (Å²) in [5.41, 5.74) is 2.78. The standard InChI is InChI=1S/C19H24N2O2S/c1-3-19(13-22)8-10-21(11-9-19)18(23)16-12-24-17(20-16)15-7-5-4-6-14(15)2/h4-7,12,22H,3,8-11,13H2,1-2H3. The molecule has 1 saturated heterocycles. The van der Waals surface area contributed by atoms with Crippen LogP contribution in [-0.4, -0.2) is 40.6 Å². The molecule has 24 heavy (non-hydrogen) atoms. The summed E-state index contributed by atoms with van der Waals surface area (Å²) in [6.07, 6.45) is 2.68. The molecular weight excluding hydrogens is 320 g/mol. The number of rotatable bonds is 4. The summed E-state index contributed by atoms with van der Waals surface area (Å²) in [6, 6.07) is 8.10. The van der Waals surface area contributed by atoms with Crippen LogP contribution in [-0.2, 0) is 0 Å². The molecule has 4 nitrogen and oxygen atoms in total.